The second-order valence-electron chi connectivity index (χ2n) is 7.21. The fourth-order valence-corrected chi connectivity index (χ4v) is 3.56. The minimum atomic E-state index is -1.56. The Hall–Kier alpha value is -1.42. The van der Waals surface area contributed by atoms with E-state index >= 15 is 0 Å². The lowest BCUT2D eigenvalue weighted by molar-refractivity contribution is -0.326. The van der Waals surface area contributed by atoms with E-state index in [-0.39, 0.29) is 0 Å². The lowest BCUT2D eigenvalue weighted by Crippen LogP contribution is -2.69. The number of rotatable bonds is 7. The molecule has 0 saturated carbocycles. The van der Waals surface area contributed by atoms with E-state index in [2.05, 4.69) is 10.6 Å². The van der Waals surface area contributed by atoms with Crippen molar-refractivity contribution >= 4 is 11.8 Å². The van der Waals surface area contributed by atoms with E-state index in [1.54, 1.807) is 0 Å². The standard InChI is InChI=1S/C17H30N2O11/c1-6(22)18-10-14(26)12(24)8(4-20)29-17(10)30-15-11(19-7(2)23)16(27-3)28-9(5-21)13(15)25/h8-17,20-21,24-26H,4-5H2,1-3H3,(H,18,22)(H,19,23)/t8-,9-,10-,11-,12+,13+,14-,15-,16+,17-/m1/s1. The van der Waals surface area contributed by atoms with Crippen molar-refractivity contribution in [3.8, 4) is 0 Å². The summed E-state index contributed by atoms with van der Waals surface area (Å²) in [6.07, 6.45) is -10.7. The maximum absolute atomic E-state index is 11.7. The molecule has 0 aromatic rings. The van der Waals surface area contributed by atoms with Gasteiger partial charge in [0.05, 0.1) is 13.2 Å². The van der Waals surface area contributed by atoms with Gasteiger partial charge in [-0.05, 0) is 0 Å². The summed E-state index contributed by atoms with van der Waals surface area (Å²) in [7, 11) is 1.29. The Morgan fingerprint density at radius 1 is 0.833 bits per heavy atom. The molecule has 2 amide bonds. The summed E-state index contributed by atoms with van der Waals surface area (Å²) in [5.41, 5.74) is 0. The van der Waals surface area contributed by atoms with Crippen LogP contribution in [0.1, 0.15) is 13.8 Å². The van der Waals surface area contributed by atoms with Gasteiger partial charge in [-0.15, -0.1) is 0 Å². The van der Waals surface area contributed by atoms with Crippen LogP contribution in [0.2, 0.25) is 0 Å². The molecule has 2 aliphatic rings. The zero-order valence-electron chi connectivity index (χ0n) is 16.9. The number of hydrogen-bond donors (Lipinski definition) is 7. The highest BCUT2D eigenvalue weighted by Gasteiger charge is 2.51. The third-order valence-electron chi connectivity index (χ3n) is 5.00. The molecule has 2 heterocycles. The van der Waals surface area contributed by atoms with Gasteiger partial charge in [-0.25, -0.2) is 0 Å². The van der Waals surface area contributed by atoms with Crippen molar-refractivity contribution in [1.29, 1.82) is 0 Å². The second kappa shape index (κ2) is 10.7. The van der Waals surface area contributed by atoms with Crippen molar-refractivity contribution < 1.29 is 54.1 Å². The monoisotopic (exact) mass is 438 g/mol. The van der Waals surface area contributed by atoms with Crippen molar-refractivity contribution in [2.75, 3.05) is 20.3 Å². The van der Waals surface area contributed by atoms with Gasteiger partial charge < -0.3 is 55.1 Å². The molecule has 0 bridgehead atoms. The second-order valence-corrected chi connectivity index (χ2v) is 7.21. The highest BCUT2D eigenvalue weighted by atomic mass is 16.7. The summed E-state index contributed by atoms with van der Waals surface area (Å²) in [4.78, 5) is 23.2. The maximum Gasteiger partial charge on any atom is 0.217 e. The highest BCUT2D eigenvalue weighted by Crippen LogP contribution is 2.29. The molecule has 30 heavy (non-hydrogen) atoms. The van der Waals surface area contributed by atoms with Crippen LogP contribution in [0.5, 0.6) is 0 Å². The average molecular weight is 438 g/mol. The van der Waals surface area contributed by atoms with Crippen LogP contribution in [0.3, 0.4) is 0 Å². The third kappa shape index (κ3) is 5.43. The number of carbonyl (C=O) groups is 2. The largest absolute Gasteiger partial charge is 0.394 e. The Labute approximate surface area is 172 Å². The molecule has 174 valence electrons. The fraction of sp³-hybridized carbons (Fsp3) is 0.882. The Kier molecular flexibility index (Phi) is 8.90. The Balaban J connectivity index is 2.34. The van der Waals surface area contributed by atoms with Crippen molar-refractivity contribution in [1.82, 2.24) is 10.6 Å². The minimum absolute atomic E-state index is 0.486. The van der Waals surface area contributed by atoms with E-state index in [0.29, 0.717) is 0 Å². The van der Waals surface area contributed by atoms with Crippen LogP contribution in [0.25, 0.3) is 0 Å². The Morgan fingerprint density at radius 2 is 1.33 bits per heavy atom. The Morgan fingerprint density at radius 3 is 1.83 bits per heavy atom. The number of hydrogen-bond acceptors (Lipinski definition) is 11. The lowest BCUT2D eigenvalue weighted by Gasteiger charge is -2.48. The first-order chi connectivity index (χ1) is 14.1. The molecule has 0 radical (unpaired) electrons. The van der Waals surface area contributed by atoms with Crippen molar-refractivity contribution in [3.63, 3.8) is 0 Å². The first kappa shape index (κ1) is 24.8. The molecule has 2 aliphatic heterocycles. The molecule has 0 aliphatic carbocycles. The predicted molar refractivity (Wildman–Crippen MR) is 96.6 cm³/mol. The number of aliphatic hydroxyl groups excluding tert-OH is 5. The molecule has 13 nitrogen and oxygen atoms in total. The van der Waals surface area contributed by atoms with Gasteiger partial charge in [0.2, 0.25) is 11.8 Å². The number of amides is 2. The molecule has 0 aromatic heterocycles. The van der Waals surface area contributed by atoms with Gasteiger partial charge >= 0.3 is 0 Å². The smallest absolute Gasteiger partial charge is 0.217 e. The molecule has 2 saturated heterocycles. The first-order valence-electron chi connectivity index (χ1n) is 9.43. The number of ether oxygens (including phenoxy) is 4. The van der Waals surface area contributed by atoms with Crippen LogP contribution >= 0.6 is 0 Å². The summed E-state index contributed by atoms with van der Waals surface area (Å²) in [5, 5.41) is 55.1. The van der Waals surface area contributed by atoms with Gasteiger partial charge in [-0.1, -0.05) is 0 Å². The minimum Gasteiger partial charge on any atom is -0.394 e. The van der Waals surface area contributed by atoms with Gasteiger partial charge in [-0.2, -0.15) is 0 Å². The van der Waals surface area contributed by atoms with E-state index < -0.39 is 86.3 Å². The highest BCUT2D eigenvalue weighted by molar-refractivity contribution is 5.73. The van der Waals surface area contributed by atoms with E-state index in [4.69, 9.17) is 18.9 Å². The molecule has 13 heteroatoms. The van der Waals surface area contributed by atoms with Crippen LogP contribution in [0.15, 0.2) is 0 Å². The molecule has 2 rings (SSSR count). The molecule has 10 atom stereocenters. The Bertz CT molecular complexity index is 594. The predicted octanol–water partition coefficient (Wildman–Crippen LogP) is -4.46. The van der Waals surface area contributed by atoms with Crippen LogP contribution in [-0.4, -0.2) is 119 Å². The number of carbonyl (C=O) groups excluding carboxylic acids is 2. The molecule has 2 fully saturated rings. The summed E-state index contributed by atoms with van der Waals surface area (Å²) < 4.78 is 22.0. The molecular formula is C17H30N2O11. The topological polar surface area (TPSA) is 196 Å². The number of methoxy groups -OCH3 is 1. The average Bonchev–Trinajstić information content (AvgIpc) is 2.69. The molecule has 0 aromatic carbocycles. The van der Waals surface area contributed by atoms with Gasteiger partial charge in [0.15, 0.2) is 12.6 Å². The third-order valence-corrected chi connectivity index (χ3v) is 5.00. The fourth-order valence-electron chi connectivity index (χ4n) is 3.56. The van der Waals surface area contributed by atoms with Gasteiger partial charge in [0, 0.05) is 21.0 Å². The van der Waals surface area contributed by atoms with Crippen molar-refractivity contribution in [2.45, 2.75) is 75.1 Å². The number of aliphatic hydroxyl groups is 5. The zero-order valence-corrected chi connectivity index (χ0v) is 16.9. The zero-order chi connectivity index (χ0) is 22.6. The van der Waals surface area contributed by atoms with Gasteiger partial charge in [0.1, 0.15) is 48.7 Å². The summed E-state index contributed by atoms with van der Waals surface area (Å²) in [5.74, 6) is -1.04. The van der Waals surface area contributed by atoms with Gasteiger partial charge in [-0.3, -0.25) is 9.59 Å². The number of nitrogens with one attached hydrogen (secondary N) is 2. The van der Waals surface area contributed by atoms with Crippen molar-refractivity contribution in [3.05, 3.63) is 0 Å². The normalized spacial score (nSPS) is 41.9. The van der Waals surface area contributed by atoms with Crippen LogP contribution in [0.4, 0.5) is 0 Å². The van der Waals surface area contributed by atoms with Crippen LogP contribution in [-0.2, 0) is 28.5 Å². The lowest BCUT2D eigenvalue weighted by atomic mass is 9.94. The summed E-state index contributed by atoms with van der Waals surface area (Å²) in [6.45, 7) is 1.17. The first-order valence-corrected chi connectivity index (χ1v) is 9.43. The van der Waals surface area contributed by atoms with Crippen LogP contribution in [0, 0.1) is 0 Å². The molecule has 0 unspecified atom stereocenters. The maximum atomic E-state index is 11.7. The van der Waals surface area contributed by atoms with Crippen molar-refractivity contribution in [2.24, 2.45) is 0 Å². The molecule has 0 spiro atoms. The SMILES string of the molecule is CO[C@H]1O[C@H](CO)[C@H](O)[C@H](O[C@H]2O[C@H](CO)[C@H](O)[C@H](O)[C@H]2NC(C)=O)[C@H]1NC(C)=O. The van der Waals surface area contributed by atoms with Gasteiger partial charge in [0.25, 0.3) is 0 Å². The van der Waals surface area contributed by atoms with E-state index in [1.165, 1.54) is 21.0 Å². The summed E-state index contributed by atoms with van der Waals surface area (Å²) >= 11 is 0. The quantitative estimate of drug-likeness (QED) is 0.202. The molecule has 7 N–H and O–H groups in total. The molecular weight excluding hydrogens is 408 g/mol. The van der Waals surface area contributed by atoms with E-state index in [1.807, 2.05) is 0 Å². The van der Waals surface area contributed by atoms with E-state index in [9.17, 15) is 35.1 Å². The summed E-state index contributed by atoms with van der Waals surface area (Å²) in [6, 6.07) is -2.31. The van der Waals surface area contributed by atoms with Crippen LogP contribution < -0.4 is 10.6 Å². The van der Waals surface area contributed by atoms with E-state index in [0.717, 1.165) is 0 Å².